The van der Waals surface area contributed by atoms with Crippen LogP contribution in [0.5, 0.6) is 0 Å². The number of aliphatic hydroxyl groups is 6. The Bertz CT molecular complexity index is 461. The number of ether oxygens (including phenoxy) is 3. The summed E-state index contributed by atoms with van der Waals surface area (Å²) in [4.78, 5) is 0. The first-order valence-electron chi connectivity index (χ1n) is 8.50. The third-order valence-electron chi connectivity index (χ3n) is 4.95. The molecule has 11 nitrogen and oxygen atoms in total. The van der Waals surface area contributed by atoms with Gasteiger partial charge >= 0.3 is 0 Å². The highest BCUT2D eigenvalue weighted by atomic mass is 16.7. The summed E-state index contributed by atoms with van der Waals surface area (Å²) in [7, 11) is 5.27. The van der Waals surface area contributed by atoms with Gasteiger partial charge in [0.25, 0.3) is 0 Å². The lowest BCUT2D eigenvalue weighted by Gasteiger charge is -2.50. The van der Waals surface area contributed by atoms with E-state index in [1.165, 1.54) is 0 Å². The maximum atomic E-state index is 10.5. The zero-order valence-corrected chi connectivity index (χ0v) is 15.1. The standard InChI is InChI=1S/C15H31N2O9/c1-17(2,3)9-12(22)10(20)6(4-18)25-15(9)26-13-7(5-19)24-14(23)8(16)11(13)21/h6-15,18-23H,4-5,16H2,1-3H3/q+1/t6-,7-,8-,9-,10-,11-,12-,13-,14-,15+/m1/s1. The average Bonchev–Trinajstić information content (AvgIpc) is 2.56. The number of hydrogen-bond donors (Lipinski definition) is 7. The molecule has 0 bridgehead atoms. The highest BCUT2D eigenvalue weighted by molar-refractivity contribution is 4.95. The molecule has 2 rings (SSSR count). The first kappa shape index (κ1) is 21.9. The fraction of sp³-hybridized carbons (Fsp3) is 1.00. The lowest BCUT2D eigenvalue weighted by molar-refractivity contribution is -0.910. The highest BCUT2D eigenvalue weighted by Crippen LogP contribution is 2.31. The van der Waals surface area contributed by atoms with E-state index in [4.69, 9.17) is 19.9 Å². The first-order valence-corrected chi connectivity index (χ1v) is 8.50. The fourth-order valence-corrected chi connectivity index (χ4v) is 3.43. The van der Waals surface area contributed by atoms with Crippen molar-refractivity contribution in [2.45, 2.75) is 61.3 Å². The van der Waals surface area contributed by atoms with E-state index in [9.17, 15) is 30.6 Å². The average molecular weight is 383 g/mol. The van der Waals surface area contributed by atoms with Crippen LogP contribution in [0.15, 0.2) is 0 Å². The molecule has 154 valence electrons. The van der Waals surface area contributed by atoms with Crippen molar-refractivity contribution in [3.8, 4) is 0 Å². The molecule has 2 saturated heterocycles. The Hall–Kier alpha value is -0.440. The predicted octanol–water partition coefficient (Wildman–Crippen LogP) is -4.72. The summed E-state index contributed by atoms with van der Waals surface area (Å²) >= 11 is 0. The van der Waals surface area contributed by atoms with Crippen molar-refractivity contribution in [3.63, 3.8) is 0 Å². The van der Waals surface area contributed by atoms with Gasteiger partial charge in [-0.05, 0) is 0 Å². The summed E-state index contributed by atoms with van der Waals surface area (Å²) in [6, 6.07) is -1.94. The second-order valence-corrected chi connectivity index (χ2v) is 7.73. The van der Waals surface area contributed by atoms with Crippen LogP contribution in [-0.2, 0) is 14.2 Å². The Morgan fingerprint density at radius 1 is 0.885 bits per heavy atom. The number of rotatable bonds is 5. The van der Waals surface area contributed by atoms with Gasteiger partial charge in [0.1, 0.15) is 36.6 Å². The summed E-state index contributed by atoms with van der Waals surface area (Å²) in [6.07, 6.45) is -9.92. The van der Waals surface area contributed by atoms with Crippen LogP contribution >= 0.6 is 0 Å². The fourth-order valence-electron chi connectivity index (χ4n) is 3.43. The molecule has 2 aliphatic rings. The zero-order chi connectivity index (χ0) is 19.8. The number of quaternary nitrogens is 1. The van der Waals surface area contributed by atoms with Crippen LogP contribution in [0, 0.1) is 0 Å². The Balaban J connectivity index is 2.27. The van der Waals surface area contributed by atoms with E-state index in [0.717, 1.165) is 0 Å². The van der Waals surface area contributed by atoms with Crippen LogP contribution in [0.2, 0.25) is 0 Å². The van der Waals surface area contributed by atoms with E-state index in [-0.39, 0.29) is 4.48 Å². The zero-order valence-electron chi connectivity index (χ0n) is 15.1. The van der Waals surface area contributed by atoms with Crippen molar-refractivity contribution in [1.82, 2.24) is 0 Å². The van der Waals surface area contributed by atoms with E-state index in [0.29, 0.717) is 0 Å². The molecule has 0 amide bonds. The number of likely N-dealkylation sites (N-methyl/N-ethyl adjacent to an activating group) is 1. The van der Waals surface area contributed by atoms with Crippen molar-refractivity contribution >= 4 is 0 Å². The van der Waals surface area contributed by atoms with E-state index in [2.05, 4.69) is 0 Å². The minimum Gasteiger partial charge on any atom is -0.394 e. The van der Waals surface area contributed by atoms with Gasteiger partial charge in [0.15, 0.2) is 12.3 Å². The maximum Gasteiger partial charge on any atom is 0.214 e. The second-order valence-electron chi connectivity index (χ2n) is 7.73. The van der Waals surface area contributed by atoms with Gasteiger partial charge in [-0.15, -0.1) is 0 Å². The quantitative estimate of drug-likeness (QED) is 0.228. The van der Waals surface area contributed by atoms with E-state index < -0.39 is 74.5 Å². The largest absolute Gasteiger partial charge is 0.394 e. The molecule has 0 spiro atoms. The first-order chi connectivity index (χ1) is 12.0. The van der Waals surface area contributed by atoms with Crippen LogP contribution in [0.4, 0.5) is 0 Å². The summed E-state index contributed by atoms with van der Waals surface area (Å²) < 4.78 is 16.7. The van der Waals surface area contributed by atoms with Gasteiger partial charge in [-0.25, -0.2) is 0 Å². The molecule has 2 fully saturated rings. The van der Waals surface area contributed by atoms with Crippen LogP contribution in [0.3, 0.4) is 0 Å². The highest BCUT2D eigenvalue weighted by Gasteiger charge is 2.54. The van der Waals surface area contributed by atoms with E-state index in [1.54, 1.807) is 21.1 Å². The summed E-state index contributed by atoms with van der Waals surface area (Å²) in [5.74, 6) is 0. The maximum absolute atomic E-state index is 10.5. The molecule has 0 saturated carbocycles. The van der Waals surface area contributed by atoms with Crippen LogP contribution in [0.1, 0.15) is 0 Å². The van der Waals surface area contributed by atoms with E-state index in [1.807, 2.05) is 0 Å². The molecule has 8 N–H and O–H groups in total. The topological polar surface area (TPSA) is 175 Å². The molecule has 11 heteroatoms. The Morgan fingerprint density at radius 3 is 1.96 bits per heavy atom. The van der Waals surface area contributed by atoms with E-state index >= 15 is 0 Å². The Morgan fingerprint density at radius 2 is 1.46 bits per heavy atom. The Labute approximate surface area is 151 Å². The van der Waals surface area contributed by atoms with Crippen molar-refractivity contribution in [2.75, 3.05) is 34.4 Å². The van der Waals surface area contributed by atoms with Crippen LogP contribution in [0.25, 0.3) is 0 Å². The van der Waals surface area contributed by atoms with Gasteiger partial charge in [-0.3, -0.25) is 0 Å². The molecule has 2 heterocycles. The van der Waals surface area contributed by atoms with Crippen LogP contribution in [-0.4, -0.2) is 131 Å². The molecule has 0 aliphatic carbocycles. The van der Waals surface area contributed by atoms with Gasteiger partial charge < -0.3 is 55.1 Å². The van der Waals surface area contributed by atoms with Gasteiger partial charge in [0.2, 0.25) is 6.29 Å². The molecule has 0 aromatic rings. The molecule has 10 atom stereocenters. The number of nitrogens with two attached hydrogens (primary N) is 1. The summed E-state index contributed by atoms with van der Waals surface area (Å²) in [6.45, 7) is -1.10. The Kier molecular flexibility index (Phi) is 6.97. The minimum atomic E-state index is -1.47. The summed E-state index contributed by atoms with van der Waals surface area (Å²) in [5.41, 5.74) is 5.70. The molecule has 2 aliphatic heterocycles. The number of hydrogen-bond acceptors (Lipinski definition) is 10. The number of nitrogens with zero attached hydrogens (tertiary/aromatic N) is 1. The predicted molar refractivity (Wildman–Crippen MR) is 86.4 cm³/mol. The smallest absolute Gasteiger partial charge is 0.214 e. The third kappa shape index (κ3) is 4.18. The molecular formula is C15H31N2O9+. The molecular weight excluding hydrogens is 352 g/mol. The molecule has 0 aromatic heterocycles. The molecule has 0 radical (unpaired) electrons. The molecule has 26 heavy (non-hydrogen) atoms. The van der Waals surface area contributed by atoms with Crippen LogP contribution < -0.4 is 5.73 Å². The monoisotopic (exact) mass is 383 g/mol. The van der Waals surface area contributed by atoms with Crippen molar-refractivity contribution in [1.29, 1.82) is 0 Å². The minimum absolute atomic E-state index is 0.142. The van der Waals surface area contributed by atoms with Gasteiger partial charge in [0, 0.05) is 0 Å². The molecule has 0 unspecified atom stereocenters. The van der Waals surface area contributed by atoms with Crippen molar-refractivity contribution in [2.24, 2.45) is 5.73 Å². The van der Waals surface area contributed by atoms with Crippen molar-refractivity contribution in [3.05, 3.63) is 0 Å². The van der Waals surface area contributed by atoms with Gasteiger partial charge in [0.05, 0.1) is 40.4 Å². The lowest BCUT2D eigenvalue weighted by atomic mass is 9.93. The number of aliphatic hydroxyl groups excluding tert-OH is 6. The third-order valence-corrected chi connectivity index (χ3v) is 4.95. The normalized spacial score (nSPS) is 47.8. The SMILES string of the molecule is C[N+](C)(C)[C@H]1[C@H](O[C@H]2[C@H](O)[C@@H](N)[C@H](O)O[C@@H]2CO)O[C@H](CO)[C@@H](O)[C@@H]1O. The summed E-state index contributed by atoms with van der Waals surface area (Å²) in [5, 5.41) is 59.6. The second kappa shape index (κ2) is 8.29. The van der Waals surface area contributed by atoms with Gasteiger partial charge in [-0.1, -0.05) is 0 Å². The van der Waals surface area contributed by atoms with Crippen molar-refractivity contribution < 1.29 is 49.3 Å². The molecule has 0 aromatic carbocycles. The lowest BCUT2D eigenvalue weighted by Crippen LogP contribution is -2.70. The van der Waals surface area contributed by atoms with Gasteiger partial charge in [-0.2, -0.15) is 0 Å².